The number of anilines is 1. The van der Waals surface area contributed by atoms with Gasteiger partial charge in [0.25, 0.3) is 0 Å². The lowest BCUT2D eigenvalue weighted by Crippen LogP contribution is -2.54. The lowest BCUT2D eigenvalue weighted by molar-refractivity contribution is -0.132. The average molecular weight is 337 g/mol. The molecular weight excluding hydrogens is 316 g/mol. The van der Waals surface area contributed by atoms with Crippen molar-refractivity contribution in [2.24, 2.45) is 5.92 Å². The molecule has 0 aromatic heterocycles. The van der Waals surface area contributed by atoms with Gasteiger partial charge < -0.3 is 15.3 Å². The number of nitrogens with one attached hydrogen (secondary N) is 1. The number of piperidine rings is 1. The molecule has 2 fully saturated rings. The zero-order valence-electron chi connectivity index (χ0n) is 12.9. The monoisotopic (exact) mass is 336 g/mol. The van der Waals surface area contributed by atoms with Crippen LogP contribution in [0, 0.1) is 5.92 Å². The van der Waals surface area contributed by atoms with Gasteiger partial charge in [-0.25, -0.2) is 0 Å². The Morgan fingerprint density at radius 1 is 1.22 bits per heavy atom. The fourth-order valence-electron chi connectivity index (χ4n) is 3.44. The zero-order chi connectivity index (χ0) is 16.4. The van der Waals surface area contributed by atoms with Crippen molar-refractivity contribution in [2.45, 2.75) is 44.2 Å². The van der Waals surface area contributed by atoms with Crippen LogP contribution in [0.15, 0.2) is 24.3 Å². The first-order valence-corrected chi connectivity index (χ1v) is 8.50. The molecule has 1 aliphatic heterocycles. The first-order valence-electron chi connectivity index (χ1n) is 8.12. The highest BCUT2D eigenvalue weighted by Crippen LogP contribution is 2.29. The Morgan fingerprint density at radius 2 is 2.00 bits per heavy atom. The van der Waals surface area contributed by atoms with Crippen LogP contribution in [0.25, 0.3) is 0 Å². The molecule has 5 nitrogen and oxygen atoms in total. The Labute approximate surface area is 140 Å². The third-order valence-electron chi connectivity index (χ3n) is 4.71. The van der Waals surface area contributed by atoms with Crippen LogP contribution in [0.2, 0.25) is 5.02 Å². The number of carbonyl (C=O) groups excluding carboxylic acids is 2. The molecule has 1 aromatic carbocycles. The van der Waals surface area contributed by atoms with Crippen molar-refractivity contribution in [1.82, 2.24) is 5.32 Å². The van der Waals surface area contributed by atoms with Gasteiger partial charge >= 0.3 is 0 Å². The van der Waals surface area contributed by atoms with Crippen LogP contribution in [-0.4, -0.2) is 35.6 Å². The van der Waals surface area contributed by atoms with Crippen molar-refractivity contribution in [1.29, 1.82) is 0 Å². The summed E-state index contributed by atoms with van der Waals surface area (Å²) in [5.41, 5.74) is 0.680. The quantitative estimate of drug-likeness (QED) is 0.888. The number of carbonyl (C=O) groups is 2. The number of aliphatic hydroxyl groups is 1. The predicted molar refractivity (Wildman–Crippen MR) is 88.3 cm³/mol. The van der Waals surface area contributed by atoms with E-state index < -0.39 is 18.1 Å². The van der Waals surface area contributed by atoms with Gasteiger partial charge in [0.2, 0.25) is 11.8 Å². The summed E-state index contributed by atoms with van der Waals surface area (Å²) in [7, 11) is 0. The second kappa shape index (κ2) is 6.89. The molecule has 23 heavy (non-hydrogen) atoms. The summed E-state index contributed by atoms with van der Waals surface area (Å²) in [6, 6.07) is 6.68. The molecule has 0 radical (unpaired) electrons. The van der Waals surface area contributed by atoms with Crippen LogP contribution < -0.4 is 10.2 Å². The van der Waals surface area contributed by atoms with Crippen LogP contribution in [0.5, 0.6) is 0 Å². The van der Waals surface area contributed by atoms with Gasteiger partial charge in [-0.3, -0.25) is 9.59 Å². The van der Waals surface area contributed by atoms with Gasteiger partial charge in [-0.1, -0.05) is 23.7 Å². The van der Waals surface area contributed by atoms with Crippen LogP contribution in [0.4, 0.5) is 5.69 Å². The molecule has 2 amide bonds. The molecule has 1 heterocycles. The van der Waals surface area contributed by atoms with Crippen LogP contribution >= 0.6 is 11.6 Å². The summed E-state index contributed by atoms with van der Waals surface area (Å²) in [5.74, 6) is -0.738. The Bertz CT molecular complexity index is 607. The summed E-state index contributed by atoms with van der Waals surface area (Å²) < 4.78 is 0. The molecule has 0 spiro atoms. The van der Waals surface area contributed by atoms with Gasteiger partial charge in [0, 0.05) is 6.54 Å². The van der Waals surface area contributed by atoms with Gasteiger partial charge in [0.05, 0.1) is 22.7 Å². The molecule has 2 aliphatic rings. The second-order valence-electron chi connectivity index (χ2n) is 6.25. The van der Waals surface area contributed by atoms with E-state index in [0.717, 1.165) is 12.8 Å². The highest BCUT2D eigenvalue weighted by molar-refractivity contribution is 6.33. The van der Waals surface area contributed by atoms with Gasteiger partial charge in [0.1, 0.15) is 6.04 Å². The topological polar surface area (TPSA) is 69.6 Å². The summed E-state index contributed by atoms with van der Waals surface area (Å²) in [6.45, 7) is 0.598. The Balaban J connectivity index is 1.70. The number of aliphatic hydroxyl groups excluding tert-OH is 1. The molecule has 3 unspecified atom stereocenters. The van der Waals surface area contributed by atoms with E-state index in [-0.39, 0.29) is 11.8 Å². The highest BCUT2D eigenvalue weighted by atomic mass is 35.5. The van der Waals surface area contributed by atoms with E-state index in [9.17, 15) is 14.7 Å². The largest absolute Gasteiger partial charge is 0.392 e. The minimum atomic E-state index is -0.589. The minimum Gasteiger partial charge on any atom is -0.392 e. The van der Waals surface area contributed by atoms with Crippen molar-refractivity contribution in [3.63, 3.8) is 0 Å². The SMILES string of the molecule is O=C(NC1CCCN(c2ccccc2Cl)C1=O)C1CCCC1O. The van der Waals surface area contributed by atoms with Crippen LogP contribution in [-0.2, 0) is 9.59 Å². The third-order valence-corrected chi connectivity index (χ3v) is 5.03. The normalized spacial score (nSPS) is 28.0. The molecular formula is C17H21ClN2O3. The molecule has 1 aliphatic carbocycles. The minimum absolute atomic E-state index is 0.134. The molecule has 2 N–H and O–H groups in total. The maximum absolute atomic E-state index is 12.7. The number of benzene rings is 1. The standard InChI is InChI=1S/C17H21ClN2O3/c18-12-6-1-2-8-14(12)20-10-4-7-13(17(20)23)19-16(22)11-5-3-9-15(11)21/h1-2,6,8,11,13,15,21H,3-5,7,9-10H2,(H,19,22). The number of hydrogen-bond acceptors (Lipinski definition) is 3. The van der Waals surface area contributed by atoms with Gasteiger partial charge in [-0.15, -0.1) is 0 Å². The maximum atomic E-state index is 12.7. The summed E-state index contributed by atoms with van der Waals surface area (Å²) >= 11 is 6.18. The first kappa shape index (κ1) is 16.3. The highest BCUT2D eigenvalue weighted by Gasteiger charge is 2.36. The van der Waals surface area contributed by atoms with Crippen LogP contribution in [0.3, 0.4) is 0 Å². The molecule has 3 rings (SSSR count). The molecule has 1 aromatic rings. The number of nitrogens with zero attached hydrogens (tertiary/aromatic N) is 1. The summed E-state index contributed by atoms with van der Waals surface area (Å²) in [5, 5.41) is 13.2. The molecule has 0 bridgehead atoms. The smallest absolute Gasteiger partial charge is 0.249 e. The lowest BCUT2D eigenvalue weighted by atomic mass is 10.0. The van der Waals surface area contributed by atoms with Gasteiger partial charge in [-0.2, -0.15) is 0 Å². The van der Waals surface area contributed by atoms with E-state index in [1.165, 1.54) is 0 Å². The molecule has 1 saturated carbocycles. The summed E-state index contributed by atoms with van der Waals surface area (Å²) in [6.07, 6.45) is 3.02. The molecule has 6 heteroatoms. The molecule has 1 saturated heterocycles. The number of para-hydroxylation sites is 1. The fraction of sp³-hybridized carbons (Fsp3) is 0.529. The van der Waals surface area contributed by atoms with E-state index in [1.54, 1.807) is 11.0 Å². The third kappa shape index (κ3) is 3.35. The number of amides is 2. The second-order valence-corrected chi connectivity index (χ2v) is 6.66. The van der Waals surface area contributed by atoms with E-state index in [1.807, 2.05) is 18.2 Å². The Morgan fingerprint density at radius 3 is 2.70 bits per heavy atom. The average Bonchev–Trinajstić information content (AvgIpc) is 2.96. The van der Waals surface area contributed by atoms with Gasteiger partial charge in [0.15, 0.2) is 0 Å². The predicted octanol–water partition coefficient (Wildman–Crippen LogP) is 2.11. The van der Waals surface area contributed by atoms with E-state index in [4.69, 9.17) is 11.6 Å². The number of hydrogen-bond donors (Lipinski definition) is 2. The summed E-state index contributed by atoms with van der Waals surface area (Å²) in [4.78, 5) is 26.7. The van der Waals surface area contributed by atoms with Crippen molar-refractivity contribution in [3.8, 4) is 0 Å². The van der Waals surface area contributed by atoms with Gasteiger partial charge in [-0.05, 0) is 44.2 Å². The number of halogens is 1. The molecule has 124 valence electrons. The van der Waals surface area contributed by atoms with Crippen molar-refractivity contribution >= 4 is 29.1 Å². The fourth-order valence-corrected chi connectivity index (χ4v) is 3.68. The Kier molecular flexibility index (Phi) is 4.87. The van der Waals surface area contributed by atoms with E-state index in [2.05, 4.69) is 5.32 Å². The van der Waals surface area contributed by atoms with Crippen molar-refractivity contribution in [2.75, 3.05) is 11.4 Å². The van der Waals surface area contributed by atoms with Crippen molar-refractivity contribution < 1.29 is 14.7 Å². The van der Waals surface area contributed by atoms with Crippen LogP contribution in [0.1, 0.15) is 32.1 Å². The van der Waals surface area contributed by atoms with Crippen molar-refractivity contribution in [3.05, 3.63) is 29.3 Å². The van der Waals surface area contributed by atoms with E-state index >= 15 is 0 Å². The first-order chi connectivity index (χ1) is 11.1. The lowest BCUT2D eigenvalue weighted by Gasteiger charge is -2.33. The maximum Gasteiger partial charge on any atom is 0.249 e. The number of rotatable bonds is 3. The Hall–Kier alpha value is -1.59. The molecule has 3 atom stereocenters. The zero-order valence-corrected chi connectivity index (χ0v) is 13.6. The van der Waals surface area contributed by atoms with E-state index in [0.29, 0.717) is 36.5 Å².